The minimum atomic E-state index is -0.960. The molecule has 0 fully saturated rings. The molecule has 0 heterocycles. The van der Waals surface area contributed by atoms with Gasteiger partial charge >= 0.3 is 5.97 Å². The minimum absolute atomic E-state index is 0.364. The van der Waals surface area contributed by atoms with E-state index in [9.17, 15) is 4.79 Å². The summed E-state index contributed by atoms with van der Waals surface area (Å²) in [6.07, 6.45) is 3.23. The van der Waals surface area contributed by atoms with E-state index in [0.717, 1.165) is 17.6 Å². The fourth-order valence-corrected chi connectivity index (χ4v) is 1.85. The molecule has 0 amide bonds. The lowest BCUT2D eigenvalue weighted by Crippen LogP contribution is -2.30. The summed E-state index contributed by atoms with van der Waals surface area (Å²) in [5.41, 5.74) is 8.91. The lowest BCUT2D eigenvalue weighted by molar-refractivity contribution is -0.138. The van der Waals surface area contributed by atoms with Crippen LogP contribution in [0, 0.1) is 0 Å². The highest BCUT2D eigenvalue weighted by Crippen LogP contribution is 2.23. The van der Waals surface area contributed by atoms with Crippen LogP contribution in [0.2, 0.25) is 0 Å². The summed E-state index contributed by atoms with van der Waals surface area (Å²) in [4.78, 5) is 10.8. The molecule has 1 atom stereocenters. The van der Waals surface area contributed by atoms with E-state index in [1.807, 2.05) is 31.2 Å². The highest BCUT2D eigenvalue weighted by molar-refractivity contribution is 5.78. The molecule has 3 heteroatoms. The van der Waals surface area contributed by atoms with Gasteiger partial charge in [0.25, 0.3) is 0 Å². The van der Waals surface area contributed by atoms with Crippen LogP contribution in [0.4, 0.5) is 0 Å². The number of nitrogens with two attached hydrogens (primary N) is 1. The summed E-state index contributed by atoms with van der Waals surface area (Å²) < 4.78 is 0. The molecular weight excluding hydrogens is 214 g/mol. The summed E-state index contributed by atoms with van der Waals surface area (Å²) in [6.45, 7) is 4.00. The first-order valence-corrected chi connectivity index (χ1v) is 5.82. The first-order chi connectivity index (χ1) is 8.10. The minimum Gasteiger partial charge on any atom is -0.480 e. The lowest BCUT2D eigenvalue weighted by Gasteiger charge is -2.14. The molecule has 0 saturated carbocycles. The molecule has 3 nitrogen and oxygen atoms in total. The van der Waals surface area contributed by atoms with Crippen LogP contribution >= 0.6 is 0 Å². The van der Waals surface area contributed by atoms with Crippen LogP contribution < -0.4 is 5.73 Å². The molecule has 92 valence electrons. The fourth-order valence-electron chi connectivity index (χ4n) is 1.85. The van der Waals surface area contributed by atoms with Gasteiger partial charge in [0, 0.05) is 0 Å². The number of carboxylic acid groups (broad SMARTS) is 1. The third kappa shape index (κ3) is 3.43. The smallest absolute Gasteiger partial charge is 0.320 e. The first-order valence-electron chi connectivity index (χ1n) is 5.82. The van der Waals surface area contributed by atoms with Crippen LogP contribution in [0.1, 0.15) is 31.4 Å². The van der Waals surface area contributed by atoms with Crippen molar-refractivity contribution < 1.29 is 9.90 Å². The molecule has 0 aromatic heterocycles. The maximum Gasteiger partial charge on any atom is 0.320 e. The number of allylic oxidation sites excluding steroid dienone is 1. The Morgan fingerprint density at radius 2 is 2.12 bits per heavy atom. The highest BCUT2D eigenvalue weighted by atomic mass is 16.4. The van der Waals surface area contributed by atoms with E-state index in [1.54, 1.807) is 0 Å². The van der Waals surface area contributed by atoms with Gasteiger partial charge in [0.15, 0.2) is 0 Å². The third-order valence-corrected chi connectivity index (χ3v) is 2.85. The Hall–Kier alpha value is -1.61. The number of aliphatic carboxylic acids is 1. The van der Waals surface area contributed by atoms with Gasteiger partial charge in [0.1, 0.15) is 6.04 Å². The molecule has 0 aliphatic heterocycles. The quantitative estimate of drug-likeness (QED) is 0.821. The summed E-state index contributed by atoms with van der Waals surface area (Å²) >= 11 is 0. The molecular formula is C14H19NO2. The van der Waals surface area contributed by atoms with Crippen molar-refractivity contribution in [1.82, 2.24) is 0 Å². The van der Waals surface area contributed by atoms with Crippen molar-refractivity contribution in [3.63, 3.8) is 0 Å². The van der Waals surface area contributed by atoms with Gasteiger partial charge in [-0.05, 0) is 36.5 Å². The number of hydrogen-bond acceptors (Lipinski definition) is 2. The Labute approximate surface area is 102 Å². The van der Waals surface area contributed by atoms with Gasteiger partial charge in [-0.25, -0.2) is 0 Å². The van der Waals surface area contributed by atoms with Crippen LogP contribution in [0.15, 0.2) is 30.3 Å². The Morgan fingerprint density at radius 1 is 1.47 bits per heavy atom. The summed E-state index contributed by atoms with van der Waals surface area (Å²) in [5.74, 6) is -0.960. The van der Waals surface area contributed by atoms with E-state index in [-0.39, 0.29) is 0 Å². The maximum absolute atomic E-state index is 10.8. The standard InChI is InChI=1S/C14H19NO2/c1-3-10-7-5-6-8-12(10)11(4-2)9-13(15)14(16)17/h4-8,13H,3,9,15H2,1-2H3,(H,16,17)/b11-4-. The maximum atomic E-state index is 10.8. The van der Waals surface area contributed by atoms with Crippen LogP contribution in [-0.2, 0) is 11.2 Å². The zero-order valence-corrected chi connectivity index (χ0v) is 10.3. The molecule has 0 aliphatic carbocycles. The number of rotatable bonds is 5. The Morgan fingerprint density at radius 3 is 2.65 bits per heavy atom. The molecule has 1 unspecified atom stereocenters. The third-order valence-electron chi connectivity index (χ3n) is 2.85. The summed E-state index contributed by atoms with van der Waals surface area (Å²) in [5, 5.41) is 8.85. The molecule has 0 aliphatic rings. The van der Waals surface area contributed by atoms with Gasteiger partial charge in [0.05, 0.1) is 0 Å². The second-order valence-corrected chi connectivity index (χ2v) is 3.97. The molecule has 0 bridgehead atoms. The van der Waals surface area contributed by atoms with Crippen LogP contribution in [-0.4, -0.2) is 17.1 Å². The van der Waals surface area contributed by atoms with Crippen molar-refractivity contribution in [1.29, 1.82) is 0 Å². The van der Waals surface area contributed by atoms with E-state index >= 15 is 0 Å². The zero-order valence-electron chi connectivity index (χ0n) is 10.3. The van der Waals surface area contributed by atoms with Crippen molar-refractivity contribution in [3.05, 3.63) is 41.5 Å². The number of benzene rings is 1. The fraction of sp³-hybridized carbons (Fsp3) is 0.357. The van der Waals surface area contributed by atoms with Gasteiger partial charge in [0.2, 0.25) is 0 Å². The van der Waals surface area contributed by atoms with E-state index in [2.05, 4.69) is 13.0 Å². The van der Waals surface area contributed by atoms with E-state index in [4.69, 9.17) is 10.8 Å². The average Bonchev–Trinajstić information content (AvgIpc) is 2.35. The van der Waals surface area contributed by atoms with E-state index in [1.165, 1.54) is 5.56 Å². The number of aryl methyl sites for hydroxylation is 1. The second-order valence-electron chi connectivity index (χ2n) is 3.97. The predicted octanol–water partition coefficient (Wildman–Crippen LogP) is 2.45. The molecule has 0 spiro atoms. The van der Waals surface area contributed by atoms with Crippen molar-refractivity contribution in [2.75, 3.05) is 0 Å². The van der Waals surface area contributed by atoms with Crippen LogP contribution in [0.5, 0.6) is 0 Å². The van der Waals surface area contributed by atoms with Crippen LogP contribution in [0.25, 0.3) is 5.57 Å². The number of carboxylic acids is 1. The van der Waals surface area contributed by atoms with Gasteiger partial charge in [-0.2, -0.15) is 0 Å². The molecule has 17 heavy (non-hydrogen) atoms. The van der Waals surface area contributed by atoms with Gasteiger partial charge in [-0.3, -0.25) is 4.79 Å². The first kappa shape index (κ1) is 13.5. The Bertz CT molecular complexity index is 424. The predicted molar refractivity (Wildman–Crippen MR) is 69.7 cm³/mol. The molecule has 1 aromatic carbocycles. The topological polar surface area (TPSA) is 63.3 Å². The van der Waals surface area contributed by atoms with Crippen molar-refractivity contribution in [2.24, 2.45) is 5.73 Å². The molecule has 1 rings (SSSR count). The Balaban J connectivity index is 2.99. The largest absolute Gasteiger partial charge is 0.480 e. The number of carbonyl (C=O) groups is 1. The molecule has 3 N–H and O–H groups in total. The monoisotopic (exact) mass is 233 g/mol. The second kappa shape index (κ2) is 6.21. The zero-order chi connectivity index (χ0) is 12.8. The van der Waals surface area contributed by atoms with Crippen molar-refractivity contribution in [3.8, 4) is 0 Å². The number of hydrogen-bond donors (Lipinski definition) is 2. The normalized spacial score (nSPS) is 13.5. The molecule has 0 radical (unpaired) electrons. The van der Waals surface area contributed by atoms with Gasteiger partial charge in [-0.15, -0.1) is 0 Å². The van der Waals surface area contributed by atoms with Crippen molar-refractivity contribution >= 4 is 11.5 Å². The molecule has 0 saturated heterocycles. The average molecular weight is 233 g/mol. The van der Waals surface area contributed by atoms with Crippen LogP contribution in [0.3, 0.4) is 0 Å². The van der Waals surface area contributed by atoms with E-state index < -0.39 is 12.0 Å². The summed E-state index contributed by atoms with van der Waals surface area (Å²) in [6, 6.07) is 7.19. The summed E-state index contributed by atoms with van der Waals surface area (Å²) in [7, 11) is 0. The van der Waals surface area contributed by atoms with E-state index in [0.29, 0.717) is 6.42 Å². The molecule has 1 aromatic rings. The van der Waals surface area contributed by atoms with Gasteiger partial charge < -0.3 is 10.8 Å². The van der Waals surface area contributed by atoms with Crippen molar-refractivity contribution in [2.45, 2.75) is 32.7 Å². The SMILES string of the molecule is C/C=C(/CC(N)C(=O)O)c1ccccc1CC. The Kier molecular flexibility index (Phi) is 4.91. The lowest BCUT2D eigenvalue weighted by atomic mass is 9.93. The highest BCUT2D eigenvalue weighted by Gasteiger charge is 2.15. The van der Waals surface area contributed by atoms with Gasteiger partial charge in [-0.1, -0.05) is 37.3 Å².